The fourth-order valence-corrected chi connectivity index (χ4v) is 3.00. The minimum absolute atomic E-state index is 0.500. The molecule has 15 heavy (non-hydrogen) atoms. The van der Waals surface area contributed by atoms with E-state index in [1.807, 2.05) is 5.38 Å². The first kappa shape index (κ1) is 10.8. The second-order valence-corrected chi connectivity index (χ2v) is 5.04. The van der Waals surface area contributed by atoms with Crippen molar-refractivity contribution in [1.29, 1.82) is 0 Å². The third-order valence-electron chi connectivity index (χ3n) is 2.12. The highest BCUT2D eigenvalue weighted by atomic mass is 79.9. The van der Waals surface area contributed by atoms with Gasteiger partial charge in [0.25, 0.3) is 0 Å². The Bertz CT molecular complexity index is 479. The number of rotatable bonds is 2. The number of halogens is 1. The minimum atomic E-state index is 0.500. The van der Waals surface area contributed by atoms with Crippen LogP contribution in [0.2, 0.25) is 0 Å². The molecule has 0 amide bonds. The van der Waals surface area contributed by atoms with Gasteiger partial charge < -0.3 is 5.73 Å². The fourth-order valence-electron chi connectivity index (χ4n) is 1.32. The van der Waals surface area contributed by atoms with Gasteiger partial charge in [-0.1, -0.05) is 28.1 Å². The summed E-state index contributed by atoms with van der Waals surface area (Å²) in [6.45, 7) is 2.57. The van der Waals surface area contributed by atoms with E-state index in [-0.39, 0.29) is 0 Å². The predicted octanol–water partition coefficient (Wildman–Crippen LogP) is 3.34. The standard InChI is InChI=1S/C11H11BrN2S/c1-7-2-3-9(10(12)4-7)11-14-8(5-13)6-15-11/h2-4,6H,5,13H2,1H3. The van der Waals surface area contributed by atoms with E-state index in [1.54, 1.807) is 11.3 Å². The van der Waals surface area contributed by atoms with E-state index >= 15 is 0 Å². The molecule has 0 aliphatic rings. The van der Waals surface area contributed by atoms with E-state index in [4.69, 9.17) is 5.73 Å². The highest BCUT2D eigenvalue weighted by Crippen LogP contribution is 2.31. The number of hydrogen-bond donors (Lipinski definition) is 1. The Labute approximate surface area is 101 Å². The van der Waals surface area contributed by atoms with Crippen molar-refractivity contribution in [2.75, 3.05) is 0 Å². The van der Waals surface area contributed by atoms with Crippen LogP contribution in [0, 0.1) is 6.92 Å². The van der Waals surface area contributed by atoms with Gasteiger partial charge in [-0.2, -0.15) is 0 Å². The van der Waals surface area contributed by atoms with Crippen molar-refractivity contribution in [2.45, 2.75) is 13.5 Å². The molecule has 0 bridgehead atoms. The summed E-state index contributed by atoms with van der Waals surface area (Å²) in [6, 6.07) is 6.26. The fraction of sp³-hybridized carbons (Fsp3) is 0.182. The SMILES string of the molecule is Cc1ccc(-c2nc(CN)cs2)c(Br)c1. The van der Waals surface area contributed by atoms with Gasteiger partial charge in [0.1, 0.15) is 5.01 Å². The normalized spacial score (nSPS) is 10.6. The van der Waals surface area contributed by atoms with Gasteiger partial charge in [-0.15, -0.1) is 11.3 Å². The van der Waals surface area contributed by atoms with E-state index < -0.39 is 0 Å². The number of nitrogens with zero attached hydrogens (tertiary/aromatic N) is 1. The van der Waals surface area contributed by atoms with Crippen molar-refractivity contribution in [3.8, 4) is 10.6 Å². The molecule has 2 nitrogen and oxygen atoms in total. The van der Waals surface area contributed by atoms with Crippen LogP contribution in [0.1, 0.15) is 11.3 Å². The van der Waals surface area contributed by atoms with Gasteiger partial charge in [0.2, 0.25) is 0 Å². The second kappa shape index (κ2) is 4.43. The molecule has 4 heteroatoms. The van der Waals surface area contributed by atoms with Gasteiger partial charge in [0.05, 0.1) is 5.69 Å². The third-order valence-corrected chi connectivity index (χ3v) is 3.70. The molecule has 2 N–H and O–H groups in total. The summed E-state index contributed by atoms with van der Waals surface area (Å²) in [5.74, 6) is 0. The van der Waals surface area contributed by atoms with Crippen LogP contribution in [0.15, 0.2) is 28.1 Å². The summed E-state index contributed by atoms with van der Waals surface area (Å²) in [5, 5.41) is 3.02. The highest BCUT2D eigenvalue weighted by Gasteiger charge is 2.07. The molecule has 0 aliphatic carbocycles. The molecule has 2 aromatic rings. The van der Waals surface area contributed by atoms with Crippen LogP contribution >= 0.6 is 27.3 Å². The molecular formula is C11H11BrN2S. The van der Waals surface area contributed by atoms with Crippen molar-refractivity contribution < 1.29 is 0 Å². The lowest BCUT2D eigenvalue weighted by Crippen LogP contribution is -1.95. The molecule has 0 spiro atoms. The Balaban J connectivity index is 2.44. The van der Waals surface area contributed by atoms with Gasteiger partial charge in [0, 0.05) is 22.0 Å². The van der Waals surface area contributed by atoms with E-state index in [0.29, 0.717) is 6.54 Å². The molecule has 0 radical (unpaired) electrons. The second-order valence-electron chi connectivity index (χ2n) is 3.33. The average Bonchev–Trinajstić information content (AvgIpc) is 2.66. The van der Waals surface area contributed by atoms with Crippen molar-refractivity contribution >= 4 is 27.3 Å². The monoisotopic (exact) mass is 282 g/mol. The Morgan fingerprint density at radius 1 is 1.47 bits per heavy atom. The maximum Gasteiger partial charge on any atom is 0.124 e. The number of hydrogen-bond acceptors (Lipinski definition) is 3. The smallest absolute Gasteiger partial charge is 0.124 e. The summed E-state index contributed by atoms with van der Waals surface area (Å²) in [5.41, 5.74) is 8.85. The summed E-state index contributed by atoms with van der Waals surface area (Å²) >= 11 is 5.18. The Morgan fingerprint density at radius 3 is 2.87 bits per heavy atom. The summed E-state index contributed by atoms with van der Waals surface area (Å²) < 4.78 is 1.08. The number of nitrogens with two attached hydrogens (primary N) is 1. The first-order chi connectivity index (χ1) is 7.20. The molecule has 0 saturated carbocycles. The Morgan fingerprint density at radius 2 is 2.27 bits per heavy atom. The molecule has 78 valence electrons. The molecule has 1 heterocycles. The number of benzene rings is 1. The van der Waals surface area contributed by atoms with Gasteiger partial charge in [-0.3, -0.25) is 0 Å². The zero-order valence-corrected chi connectivity index (χ0v) is 10.7. The molecule has 0 atom stereocenters. The number of thiazole rings is 1. The molecule has 0 fully saturated rings. The average molecular weight is 283 g/mol. The first-order valence-electron chi connectivity index (χ1n) is 4.61. The Hall–Kier alpha value is -0.710. The van der Waals surface area contributed by atoms with Crippen LogP contribution in [0.3, 0.4) is 0 Å². The van der Waals surface area contributed by atoms with Crippen molar-refractivity contribution in [1.82, 2.24) is 4.98 Å². The maximum atomic E-state index is 5.54. The topological polar surface area (TPSA) is 38.9 Å². The van der Waals surface area contributed by atoms with Crippen LogP contribution < -0.4 is 5.73 Å². The van der Waals surface area contributed by atoms with Gasteiger partial charge >= 0.3 is 0 Å². The van der Waals surface area contributed by atoms with Crippen molar-refractivity contribution in [3.05, 3.63) is 39.3 Å². The first-order valence-corrected chi connectivity index (χ1v) is 6.29. The maximum absolute atomic E-state index is 5.54. The van der Waals surface area contributed by atoms with E-state index in [1.165, 1.54) is 5.56 Å². The summed E-state index contributed by atoms with van der Waals surface area (Å²) in [7, 11) is 0. The molecule has 2 rings (SSSR count). The molecule has 1 aromatic heterocycles. The van der Waals surface area contributed by atoms with E-state index in [2.05, 4.69) is 46.0 Å². The predicted molar refractivity (Wildman–Crippen MR) is 67.9 cm³/mol. The molecule has 0 aliphatic heterocycles. The van der Waals surface area contributed by atoms with Crippen LogP contribution in [0.4, 0.5) is 0 Å². The van der Waals surface area contributed by atoms with Crippen LogP contribution in [-0.4, -0.2) is 4.98 Å². The largest absolute Gasteiger partial charge is 0.325 e. The van der Waals surface area contributed by atoms with Crippen molar-refractivity contribution in [2.24, 2.45) is 5.73 Å². The van der Waals surface area contributed by atoms with E-state index in [0.717, 1.165) is 20.7 Å². The van der Waals surface area contributed by atoms with Gasteiger partial charge in [-0.25, -0.2) is 4.98 Å². The zero-order valence-electron chi connectivity index (χ0n) is 8.33. The van der Waals surface area contributed by atoms with Gasteiger partial charge in [0.15, 0.2) is 0 Å². The lowest BCUT2D eigenvalue weighted by Gasteiger charge is -2.01. The summed E-state index contributed by atoms with van der Waals surface area (Å²) in [4.78, 5) is 4.45. The van der Waals surface area contributed by atoms with Crippen LogP contribution in [-0.2, 0) is 6.54 Å². The Kier molecular flexibility index (Phi) is 3.19. The van der Waals surface area contributed by atoms with E-state index in [9.17, 15) is 0 Å². The quantitative estimate of drug-likeness (QED) is 0.918. The highest BCUT2D eigenvalue weighted by molar-refractivity contribution is 9.10. The molecule has 0 saturated heterocycles. The lowest BCUT2D eigenvalue weighted by molar-refractivity contribution is 1.01. The third kappa shape index (κ3) is 2.27. The molecule has 1 aromatic carbocycles. The number of aromatic nitrogens is 1. The van der Waals surface area contributed by atoms with Crippen LogP contribution in [0.25, 0.3) is 10.6 Å². The van der Waals surface area contributed by atoms with Gasteiger partial charge in [-0.05, 0) is 18.6 Å². The number of aryl methyl sites for hydroxylation is 1. The summed E-state index contributed by atoms with van der Waals surface area (Å²) in [6.07, 6.45) is 0. The zero-order chi connectivity index (χ0) is 10.8. The lowest BCUT2D eigenvalue weighted by atomic mass is 10.2. The van der Waals surface area contributed by atoms with Crippen LogP contribution in [0.5, 0.6) is 0 Å². The molecule has 0 unspecified atom stereocenters. The minimum Gasteiger partial charge on any atom is -0.325 e. The molecular weight excluding hydrogens is 272 g/mol. The van der Waals surface area contributed by atoms with Crippen molar-refractivity contribution in [3.63, 3.8) is 0 Å².